The molecule has 3 rings (SSSR count). The van der Waals surface area contributed by atoms with Crippen LogP contribution in [-0.2, 0) is 0 Å². The smallest absolute Gasteiger partial charge is 0.181 e. The van der Waals surface area contributed by atoms with Gasteiger partial charge in [0.2, 0.25) is 0 Å². The summed E-state index contributed by atoms with van der Waals surface area (Å²) in [4.78, 5) is 4.32. The van der Waals surface area contributed by atoms with Crippen molar-refractivity contribution in [2.75, 3.05) is 12.8 Å². The minimum absolute atomic E-state index is 0.367. The number of nitrogens with two attached hydrogens (primary N) is 1. The minimum Gasteiger partial charge on any atom is -0.375 e. The van der Waals surface area contributed by atoms with E-state index in [1.807, 2.05) is 12.1 Å². The van der Waals surface area contributed by atoms with Crippen LogP contribution in [0.1, 0.15) is 12.5 Å². The first-order valence-electron chi connectivity index (χ1n) is 5.51. The molecule has 17 heavy (non-hydrogen) atoms. The largest absolute Gasteiger partial charge is 0.375 e. The molecule has 1 aliphatic heterocycles. The molecule has 2 heterocycles. The highest BCUT2D eigenvalue weighted by Crippen LogP contribution is 2.29. The molecule has 1 aliphatic rings. The van der Waals surface area contributed by atoms with Gasteiger partial charge in [0.15, 0.2) is 5.13 Å². The summed E-state index contributed by atoms with van der Waals surface area (Å²) < 4.78 is 1.13. The first-order chi connectivity index (χ1) is 8.13. The van der Waals surface area contributed by atoms with Crippen LogP contribution >= 0.6 is 11.3 Å². The Morgan fingerprint density at radius 1 is 1.47 bits per heavy atom. The topological polar surface area (TPSA) is 54.2 Å². The standard InChI is InChI=1S/C12H14N4S/c1-7-5-10(16(2)15-7)8-3-4-11-9(6-8)14-12(13)17-11/h3-7,15H,1-2H3,(H2,13,14). The Labute approximate surface area is 104 Å². The summed E-state index contributed by atoms with van der Waals surface area (Å²) >= 11 is 1.52. The van der Waals surface area contributed by atoms with Gasteiger partial charge in [0.05, 0.1) is 15.9 Å². The first-order valence-corrected chi connectivity index (χ1v) is 6.33. The van der Waals surface area contributed by atoms with Crippen molar-refractivity contribution >= 4 is 32.4 Å². The van der Waals surface area contributed by atoms with E-state index in [1.54, 1.807) is 0 Å². The molecule has 1 atom stereocenters. The molecule has 2 aromatic rings. The predicted octanol–water partition coefficient (Wildman–Crippen LogP) is 2.06. The Balaban J connectivity index is 2.09. The Morgan fingerprint density at radius 3 is 3.00 bits per heavy atom. The number of rotatable bonds is 1. The molecule has 0 bridgehead atoms. The van der Waals surface area contributed by atoms with Crippen LogP contribution in [0.4, 0.5) is 5.13 Å². The van der Waals surface area contributed by atoms with Gasteiger partial charge in [-0.1, -0.05) is 17.4 Å². The third kappa shape index (κ3) is 1.77. The number of nitrogens with one attached hydrogen (secondary N) is 1. The summed E-state index contributed by atoms with van der Waals surface area (Å²) in [5, 5.41) is 2.67. The van der Waals surface area contributed by atoms with Crippen LogP contribution in [0.2, 0.25) is 0 Å². The summed E-state index contributed by atoms with van der Waals surface area (Å²) in [5.41, 5.74) is 12.4. The molecule has 0 saturated heterocycles. The Hall–Kier alpha value is -1.59. The maximum absolute atomic E-state index is 5.71. The van der Waals surface area contributed by atoms with Crippen LogP contribution in [0.5, 0.6) is 0 Å². The number of thiazole rings is 1. The van der Waals surface area contributed by atoms with Crippen LogP contribution in [0.3, 0.4) is 0 Å². The molecule has 0 spiro atoms. The van der Waals surface area contributed by atoms with E-state index in [4.69, 9.17) is 5.73 Å². The second-order valence-electron chi connectivity index (χ2n) is 4.26. The van der Waals surface area contributed by atoms with Gasteiger partial charge in [-0.2, -0.15) is 0 Å². The normalized spacial score (nSPS) is 20.0. The number of benzene rings is 1. The molecular weight excluding hydrogens is 232 g/mol. The highest BCUT2D eigenvalue weighted by Gasteiger charge is 2.17. The van der Waals surface area contributed by atoms with E-state index >= 15 is 0 Å². The van der Waals surface area contributed by atoms with Gasteiger partial charge in [0, 0.05) is 18.7 Å². The summed E-state index contributed by atoms with van der Waals surface area (Å²) in [6, 6.07) is 6.65. The number of nitrogen functional groups attached to an aromatic ring is 1. The summed E-state index contributed by atoms with van der Waals surface area (Å²) in [6.45, 7) is 2.13. The molecule has 0 aliphatic carbocycles. The van der Waals surface area contributed by atoms with Crippen LogP contribution in [0.15, 0.2) is 24.3 Å². The second kappa shape index (κ2) is 3.72. The summed E-state index contributed by atoms with van der Waals surface area (Å²) in [7, 11) is 2.02. The zero-order valence-corrected chi connectivity index (χ0v) is 10.6. The van der Waals surface area contributed by atoms with Gasteiger partial charge < -0.3 is 10.7 Å². The third-order valence-corrected chi connectivity index (χ3v) is 3.73. The predicted molar refractivity (Wildman–Crippen MR) is 72.4 cm³/mol. The monoisotopic (exact) mass is 246 g/mol. The molecule has 3 N–H and O–H groups in total. The summed E-state index contributed by atoms with van der Waals surface area (Å²) in [5.74, 6) is 0. The number of aromatic nitrogens is 1. The number of fused-ring (bicyclic) bond motifs is 1. The van der Waals surface area contributed by atoms with E-state index in [0.717, 1.165) is 10.2 Å². The Bertz CT molecular complexity index is 602. The lowest BCUT2D eigenvalue weighted by Gasteiger charge is -2.17. The lowest BCUT2D eigenvalue weighted by Crippen LogP contribution is -2.31. The van der Waals surface area contributed by atoms with Crippen LogP contribution in [-0.4, -0.2) is 23.1 Å². The van der Waals surface area contributed by atoms with Crippen molar-refractivity contribution < 1.29 is 0 Å². The summed E-state index contributed by atoms with van der Waals surface area (Å²) in [6.07, 6.45) is 2.21. The van der Waals surface area contributed by atoms with Crippen molar-refractivity contribution in [3.63, 3.8) is 0 Å². The van der Waals surface area contributed by atoms with E-state index in [2.05, 4.69) is 41.6 Å². The average molecular weight is 246 g/mol. The molecule has 0 radical (unpaired) electrons. The molecule has 5 heteroatoms. The van der Waals surface area contributed by atoms with Gasteiger partial charge in [-0.05, 0) is 25.1 Å². The van der Waals surface area contributed by atoms with Gasteiger partial charge in [0.25, 0.3) is 0 Å². The van der Waals surface area contributed by atoms with E-state index in [9.17, 15) is 0 Å². The third-order valence-electron chi connectivity index (χ3n) is 2.87. The zero-order valence-electron chi connectivity index (χ0n) is 9.77. The van der Waals surface area contributed by atoms with Gasteiger partial charge in [-0.25, -0.2) is 10.4 Å². The molecule has 0 amide bonds. The Kier molecular flexibility index (Phi) is 2.31. The first kappa shape index (κ1) is 10.6. The number of anilines is 1. The second-order valence-corrected chi connectivity index (χ2v) is 5.33. The van der Waals surface area contributed by atoms with Crippen molar-refractivity contribution in [3.8, 4) is 0 Å². The molecule has 0 saturated carbocycles. The Morgan fingerprint density at radius 2 is 2.29 bits per heavy atom. The van der Waals surface area contributed by atoms with Crippen LogP contribution in [0.25, 0.3) is 15.9 Å². The molecular formula is C12H14N4S. The van der Waals surface area contributed by atoms with Crippen molar-refractivity contribution in [2.24, 2.45) is 0 Å². The fourth-order valence-corrected chi connectivity index (χ4v) is 2.87. The number of hydrazine groups is 1. The minimum atomic E-state index is 0.367. The van der Waals surface area contributed by atoms with Gasteiger partial charge in [-0.15, -0.1) is 0 Å². The lowest BCUT2D eigenvalue weighted by atomic mass is 10.1. The average Bonchev–Trinajstić information content (AvgIpc) is 2.78. The zero-order chi connectivity index (χ0) is 12.0. The van der Waals surface area contributed by atoms with E-state index < -0.39 is 0 Å². The van der Waals surface area contributed by atoms with Crippen molar-refractivity contribution in [2.45, 2.75) is 13.0 Å². The van der Waals surface area contributed by atoms with E-state index in [1.165, 1.54) is 22.6 Å². The quantitative estimate of drug-likeness (QED) is 0.808. The maximum Gasteiger partial charge on any atom is 0.181 e. The highest BCUT2D eigenvalue weighted by molar-refractivity contribution is 7.22. The molecule has 1 aromatic carbocycles. The fourth-order valence-electron chi connectivity index (χ4n) is 2.16. The molecule has 4 nitrogen and oxygen atoms in total. The maximum atomic E-state index is 5.71. The van der Waals surface area contributed by atoms with E-state index in [-0.39, 0.29) is 0 Å². The molecule has 0 fully saturated rings. The lowest BCUT2D eigenvalue weighted by molar-refractivity contribution is 0.354. The SMILES string of the molecule is CC1C=C(c2ccc3sc(N)nc3c2)N(C)N1. The fraction of sp³-hybridized carbons (Fsp3) is 0.250. The van der Waals surface area contributed by atoms with Crippen LogP contribution in [0, 0.1) is 0 Å². The number of hydrogen-bond acceptors (Lipinski definition) is 5. The van der Waals surface area contributed by atoms with Crippen molar-refractivity contribution in [1.29, 1.82) is 0 Å². The number of nitrogens with zero attached hydrogens (tertiary/aromatic N) is 2. The molecule has 1 unspecified atom stereocenters. The van der Waals surface area contributed by atoms with Gasteiger partial charge in [-0.3, -0.25) is 0 Å². The van der Waals surface area contributed by atoms with Crippen molar-refractivity contribution in [3.05, 3.63) is 29.8 Å². The molecule has 88 valence electrons. The van der Waals surface area contributed by atoms with Gasteiger partial charge in [0.1, 0.15) is 0 Å². The van der Waals surface area contributed by atoms with Crippen LogP contribution < -0.4 is 11.2 Å². The highest BCUT2D eigenvalue weighted by atomic mass is 32.1. The van der Waals surface area contributed by atoms with Gasteiger partial charge >= 0.3 is 0 Å². The number of hydrogen-bond donors (Lipinski definition) is 2. The molecule has 1 aromatic heterocycles. The van der Waals surface area contributed by atoms with Crippen molar-refractivity contribution in [1.82, 2.24) is 15.4 Å². The van der Waals surface area contributed by atoms with E-state index in [0.29, 0.717) is 11.2 Å².